The number of hydrogen-bond acceptors (Lipinski definition) is 5. The molecule has 1 atom stereocenters. The molecule has 1 unspecified atom stereocenters. The first-order chi connectivity index (χ1) is 12.5. The number of halogens is 1. The van der Waals surface area contributed by atoms with E-state index in [4.69, 9.17) is 9.47 Å². The van der Waals surface area contributed by atoms with Gasteiger partial charge in [-0.2, -0.15) is 0 Å². The predicted octanol–water partition coefficient (Wildman–Crippen LogP) is 4.62. The van der Waals surface area contributed by atoms with Crippen molar-refractivity contribution in [3.8, 4) is 11.5 Å². The molecule has 2 rings (SSSR count). The van der Waals surface area contributed by atoms with Gasteiger partial charge < -0.3 is 19.7 Å². The first-order valence-corrected chi connectivity index (χ1v) is 9.69. The summed E-state index contributed by atoms with van der Waals surface area (Å²) in [5.41, 5.74) is 1.12. The van der Waals surface area contributed by atoms with Crippen LogP contribution >= 0.6 is 24.2 Å². The Hall–Kier alpha value is -1.89. The minimum Gasteiger partial charge on any atom is -0.494 e. The van der Waals surface area contributed by atoms with Crippen LogP contribution in [0.4, 0.5) is 4.79 Å². The average molecular weight is 411 g/mol. The van der Waals surface area contributed by atoms with Crippen molar-refractivity contribution in [1.29, 1.82) is 0 Å². The van der Waals surface area contributed by atoms with E-state index in [-0.39, 0.29) is 24.5 Å². The van der Waals surface area contributed by atoms with Crippen molar-refractivity contribution in [2.24, 2.45) is 0 Å². The number of nitrogens with one attached hydrogen (secondary N) is 1. The first-order valence-electron chi connectivity index (χ1n) is 8.46. The maximum atomic E-state index is 11.6. The molecule has 0 aliphatic rings. The SMILES string of the molecule is CNC(CCOc1ccc(SC)cc1)c1ccc(OC(=O)N(C)C)cc1.Cl. The summed E-state index contributed by atoms with van der Waals surface area (Å²) >= 11 is 1.71. The van der Waals surface area contributed by atoms with Gasteiger partial charge in [0.05, 0.1) is 6.61 Å². The number of carbonyl (C=O) groups excluding carboxylic acids is 1. The van der Waals surface area contributed by atoms with Crippen molar-refractivity contribution in [2.45, 2.75) is 17.4 Å². The van der Waals surface area contributed by atoms with Crippen LogP contribution in [0, 0.1) is 0 Å². The summed E-state index contributed by atoms with van der Waals surface area (Å²) in [7, 11) is 5.24. The van der Waals surface area contributed by atoms with E-state index in [2.05, 4.69) is 23.7 Å². The van der Waals surface area contributed by atoms with E-state index >= 15 is 0 Å². The molecule has 1 N–H and O–H groups in total. The van der Waals surface area contributed by atoms with Crippen LogP contribution in [-0.2, 0) is 0 Å². The molecule has 7 heteroatoms. The Morgan fingerprint density at radius 2 is 1.67 bits per heavy atom. The van der Waals surface area contributed by atoms with Crippen molar-refractivity contribution in [3.05, 3.63) is 54.1 Å². The third-order valence-corrected chi connectivity index (χ3v) is 4.68. The summed E-state index contributed by atoms with van der Waals surface area (Å²) in [5, 5.41) is 3.30. The maximum Gasteiger partial charge on any atom is 0.414 e. The number of thioether (sulfide) groups is 1. The molecule has 148 valence electrons. The molecule has 0 saturated heterocycles. The smallest absolute Gasteiger partial charge is 0.414 e. The molecule has 5 nitrogen and oxygen atoms in total. The molecular formula is C20H27ClN2O3S. The van der Waals surface area contributed by atoms with Crippen LogP contribution < -0.4 is 14.8 Å². The summed E-state index contributed by atoms with van der Waals surface area (Å²) in [6.45, 7) is 0.613. The molecule has 0 bridgehead atoms. The second kappa shape index (κ2) is 11.7. The Bertz CT molecular complexity index is 693. The summed E-state index contributed by atoms with van der Waals surface area (Å²) in [6, 6.07) is 15.8. The van der Waals surface area contributed by atoms with Gasteiger partial charge in [0.1, 0.15) is 11.5 Å². The van der Waals surface area contributed by atoms with Gasteiger partial charge in [-0.05, 0) is 55.3 Å². The van der Waals surface area contributed by atoms with Gasteiger partial charge in [-0.25, -0.2) is 4.79 Å². The fraction of sp³-hybridized carbons (Fsp3) is 0.350. The highest BCUT2D eigenvalue weighted by atomic mass is 35.5. The van der Waals surface area contributed by atoms with Crippen LogP contribution in [0.5, 0.6) is 11.5 Å². The zero-order chi connectivity index (χ0) is 18.9. The maximum absolute atomic E-state index is 11.6. The molecule has 0 saturated carbocycles. The highest BCUT2D eigenvalue weighted by Crippen LogP contribution is 2.22. The lowest BCUT2D eigenvalue weighted by Crippen LogP contribution is -2.25. The Morgan fingerprint density at radius 3 is 2.19 bits per heavy atom. The minimum absolute atomic E-state index is 0. The van der Waals surface area contributed by atoms with Crippen molar-refractivity contribution in [3.63, 3.8) is 0 Å². The van der Waals surface area contributed by atoms with E-state index in [0.717, 1.165) is 17.7 Å². The third-order valence-electron chi connectivity index (χ3n) is 3.94. The molecule has 2 aromatic carbocycles. The van der Waals surface area contributed by atoms with Crippen LogP contribution in [0.3, 0.4) is 0 Å². The number of hydrogen-bond donors (Lipinski definition) is 1. The zero-order valence-electron chi connectivity index (χ0n) is 16.1. The van der Waals surface area contributed by atoms with Crippen LogP contribution in [0.1, 0.15) is 18.0 Å². The molecule has 2 aromatic rings. The monoisotopic (exact) mass is 410 g/mol. The molecule has 27 heavy (non-hydrogen) atoms. The molecule has 0 aliphatic heterocycles. The highest BCUT2D eigenvalue weighted by molar-refractivity contribution is 7.98. The Kier molecular flexibility index (Phi) is 10.1. The molecular weight excluding hydrogens is 384 g/mol. The summed E-state index contributed by atoms with van der Waals surface area (Å²) in [5.74, 6) is 1.41. The van der Waals surface area contributed by atoms with Crippen LogP contribution in [0.25, 0.3) is 0 Å². The molecule has 0 radical (unpaired) electrons. The molecule has 0 aliphatic carbocycles. The summed E-state index contributed by atoms with van der Waals surface area (Å²) in [6.07, 6.45) is 2.50. The lowest BCUT2D eigenvalue weighted by atomic mass is 10.0. The van der Waals surface area contributed by atoms with E-state index in [0.29, 0.717) is 12.4 Å². The summed E-state index contributed by atoms with van der Waals surface area (Å²) in [4.78, 5) is 14.2. The van der Waals surface area contributed by atoms with E-state index in [1.807, 2.05) is 43.4 Å². The molecule has 0 fully saturated rings. The number of carbonyl (C=O) groups is 1. The fourth-order valence-corrected chi connectivity index (χ4v) is 2.81. The number of rotatable bonds is 8. The number of ether oxygens (including phenoxy) is 2. The number of nitrogens with zero attached hydrogens (tertiary/aromatic N) is 1. The zero-order valence-corrected chi connectivity index (χ0v) is 17.7. The van der Waals surface area contributed by atoms with Gasteiger partial charge >= 0.3 is 6.09 Å². The van der Waals surface area contributed by atoms with E-state index < -0.39 is 0 Å². The van der Waals surface area contributed by atoms with Crippen molar-refractivity contribution in [2.75, 3.05) is 34.0 Å². The molecule has 1 amide bonds. The van der Waals surface area contributed by atoms with Crippen LogP contribution in [-0.4, -0.2) is 45.0 Å². The normalized spacial score (nSPS) is 11.3. The van der Waals surface area contributed by atoms with Crippen molar-refractivity contribution < 1.29 is 14.3 Å². The third kappa shape index (κ3) is 7.33. The molecule has 0 aromatic heterocycles. The predicted molar refractivity (Wildman–Crippen MR) is 114 cm³/mol. The standard InChI is InChI=1S/C20H26N2O3S.ClH/c1-21-19(13-14-24-16-9-11-18(26-4)12-10-16)15-5-7-17(8-6-15)25-20(23)22(2)3;/h5-12,19,21H,13-14H2,1-4H3;1H. The van der Waals surface area contributed by atoms with Gasteiger partial charge in [0.25, 0.3) is 0 Å². The van der Waals surface area contributed by atoms with E-state index in [1.54, 1.807) is 25.9 Å². The first kappa shape index (κ1) is 23.1. The van der Waals surface area contributed by atoms with Gasteiger partial charge in [-0.15, -0.1) is 24.2 Å². The van der Waals surface area contributed by atoms with Crippen LogP contribution in [0.2, 0.25) is 0 Å². The second-order valence-corrected chi connectivity index (χ2v) is 6.87. The number of amides is 1. The fourth-order valence-electron chi connectivity index (χ4n) is 2.40. The quantitative estimate of drug-likeness (QED) is 0.643. The van der Waals surface area contributed by atoms with Gasteiger partial charge in [-0.1, -0.05) is 12.1 Å². The van der Waals surface area contributed by atoms with Gasteiger partial charge in [0, 0.05) is 31.5 Å². The Balaban J connectivity index is 0.00000364. The minimum atomic E-state index is -0.385. The van der Waals surface area contributed by atoms with Crippen LogP contribution in [0.15, 0.2) is 53.4 Å². The highest BCUT2D eigenvalue weighted by Gasteiger charge is 2.11. The molecule has 0 heterocycles. The second-order valence-electron chi connectivity index (χ2n) is 5.99. The van der Waals surface area contributed by atoms with Gasteiger partial charge in [0.15, 0.2) is 0 Å². The molecule has 0 spiro atoms. The van der Waals surface area contributed by atoms with Gasteiger partial charge in [-0.3, -0.25) is 0 Å². The topological polar surface area (TPSA) is 50.8 Å². The van der Waals surface area contributed by atoms with E-state index in [1.165, 1.54) is 9.80 Å². The Morgan fingerprint density at radius 1 is 1.07 bits per heavy atom. The summed E-state index contributed by atoms with van der Waals surface area (Å²) < 4.78 is 11.1. The van der Waals surface area contributed by atoms with E-state index in [9.17, 15) is 4.79 Å². The van der Waals surface area contributed by atoms with Gasteiger partial charge in [0.2, 0.25) is 0 Å². The largest absolute Gasteiger partial charge is 0.494 e. The lowest BCUT2D eigenvalue weighted by Gasteiger charge is -2.18. The van der Waals surface area contributed by atoms with Crippen molar-refractivity contribution >= 4 is 30.3 Å². The number of benzene rings is 2. The Labute approximate surface area is 171 Å². The average Bonchev–Trinajstić information content (AvgIpc) is 2.66. The van der Waals surface area contributed by atoms with Crippen molar-refractivity contribution in [1.82, 2.24) is 10.2 Å². The lowest BCUT2D eigenvalue weighted by molar-refractivity contribution is 0.172.